The molecule has 1 fully saturated rings. The molecule has 2 rings (SSSR count). The van der Waals surface area contributed by atoms with E-state index in [2.05, 4.69) is 5.32 Å². The maximum atomic E-state index is 12.5. The summed E-state index contributed by atoms with van der Waals surface area (Å²) in [7, 11) is 0. The van der Waals surface area contributed by atoms with Gasteiger partial charge in [-0.3, -0.25) is 9.59 Å². The molecular weight excluding hydrogens is 330 g/mol. The van der Waals surface area contributed by atoms with Gasteiger partial charge >= 0.3 is 0 Å². The summed E-state index contributed by atoms with van der Waals surface area (Å²) < 4.78 is 5.26. The van der Waals surface area contributed by atoms with E-state index in [1.54, 1.807) is 29.2 Å². The number of amides is 2. The summed E-state index contributed by atoms with van der Waals surface area (Å²) in [5, 5.41) is 2.80. The molecule has 2 atom stereocenters. The van der Waals surface area contributed by atoms with Gasteiger partial charge in [0.1, 0.15) is 0 Å². The number of carbonyl (C=O) groups excluding carboxylic acids is 2. The van der Waals surface area contributed by atoms with E-state index < -0.39 is 6.04 Å². The number of carbonyl (C=O) groups is 2. The van der Waals surface area contributed by atoms with Gasteiger partial charge in [0.05, 0.1) is 19.3 Å². The molecule has 1 heterocycles. The van der Waals surface area contributed by atoms with Crippen molar-refractivity contribution in [1.82, 2.24) is 4.90 Å². The highest BCUT2D eigenvalue weighted by Gasteiger charge is 2.21. The summed E-state index contributed by atoms with van der Waals surface area (Å²) in [5.41, 5.74) is 7.08. The zero-order chi connectivity index (χ0) is 16.8. The Kier molecular flexibility index (Phi) is 8.18. The first kappa shape index (κ1) is 20.4. The predicted molar refractivity (Wildman–Crippen MR) is 96.5 cm³/mol. The highest BCUT2D eigenvalue weighted by molar-refractivity contribution is 5.98. The number of hydrogen-bond donors (Lipinski definition) is 2. The first-order chi connectivity index (χ1) is 11.0. The van der Waals surface area contributed by atoms with E-state index in [1.165, 1.54) is 0 Å². The van der Waals surface area contributed by atoms with Crippen molar-refractivity contribution in [1.29, 1.82) is 0 Å². The van der Waals surface area contributed by atoms with Crippen LogP contribution in [0.15, 0.2) is 24.3 Å². The molecule has 2 unspecified atom stereocenters. The standard InChI is InChI=1S/C17H25N3O3.ClH/c1-3-12(2)15(18)16(21)19-14-6-4-5-13(11-14)17(22)20-7-9-23-10-8-20;/h4-6,11-12,15H,3,7-10,18H2,1-2H3,(H,19,21);1H. The summed E-state index contributed by atoms with van der Waals surface area (Å²) in [6.45, 7) is 6.25. The molecule has 0 saturated carbocycles. The van der Waals surface area contributed by atoms with Gasteiger partial charge in [-0.25, -0.2) is 0 Å². The fourth-order valence-corrected chi connectivity index (χ4v) is 2.42. The minimum absolute atomic E-state index is 0. The first-order valence-corrected chi connectivity index (χ1v) is 8.06. The molecule has 1 aromatic rings. The maximum absolute atomic E-state index is 12.5. The number of morpholine rings is 1. The lowest BCUT2D eigenvalue weighted by molar-refractivity contribution is -0.118. The number of anilines is 1. The first-order valence-electron chi connectivity index (χ1n) is 8.06. The van der Waals surface area contributed by atoms with Gasteiger partial charge in [0, 0.05) is 24.3 Å². The number of hydrogen-bond acceptors (Lipinski definition) is 4. The highest BCUT2D eigenvalue weighted by Crippen LogP contribution is 2.15. The average Bonchev–Trinajstić information content (AvgIpc) is 2.60. The van der Waals surface area contributed by atoms with Gasteiger partial charge < -0.3 is 20.7 Å². The summed E-state index contributed by atoms with van der Waals surface area (Å²) in [6.07, 6.45) is 0.837. The van der Waals surface area contributed by atoms with Gasteiger partial charge in [-0.2, -0.15) is 0 Å². The fraction of sp³-hybridized carbons (Fsp3) is 0.529. The Bertz CT molecular complexity index is 562. The highest BCUT2D eigenvalue weighted by atomic mass is 35.5. The van der Waals surface area contributed by atoms with Crippen LogP contribution in [-0.2, 0) is 9.53 Å². The van der Waals surface area contributed by atoms with Crippen molar-refractivity contribution in [2.75, 3.05) is 31.6 Å². The summed E-state index contributed by atoms with van der Waals surface area (Å²) >= 11 is 0. The van der Waals surface area contributed by atoms with Crippen molar-refractivity contribution in [2.24, 2.45) is 11.7 Å². The molecule has 2 amide bonds. The lowest BCUT2D eigenvalue weighted by Crippen LogP contribution is -2.41. The van der Waals surface area contributed by atoms with Crippen LogP contribution in [0.2, 0.25) is 0 Å². The molecule has 0 radical (unpaired) electrons. The van der Waals surface area contributed by atoms with Crippen LogP contribution in [0.4, 0.5) is 5.69 Å². The fourth-order valence-electron chi connectivity index (χ4n) is 2.42. The third-order valence-corrected chi connectivity index (χ3v) is 4.24. The van der Waals surface area contributed by atoms with E-state index in [1.807, 2.05) is 13.8 Å². The Labute approximate surface area is 149 Å². The molecule has 0 aliphatic carbocycles. The second-order valence-corrected chi connectivity index (χ2v) is 5.89. The van der Waals surface area contributed by atoms with Gasteiger partial charge in [0.2, 0.25) is 5.91 Å². The molecule has 134 valence electrons. The molecular formula is C17H26ClN3O3. The van der Waals surface area contributed by atoms with Gasteiger partial charge in [0.15, 0.2) is 0 Å². The molecule has 1 aliphatic heterocycles. The zero-order valence-electron chi connectivity index (χ0n) is 14.2. The van der Waals surface area contributed by atoms with E-state index in [0.29, 0.717) is 37.6 Å². The van der Waals surface area contributed by atoms with Crippen LogP contribution < -0.4 is 11.1 Å². The number of nitrogens with two attached hydrogens (primary N) is 1. The quantitative estimate of drug-likeness (QED) is 0.844. The third-order valence-electron chi connectivity index (χ3n) is 4.24. The number of ether oxygens (including phenoxy) is 1. The Morgan fingerprint density at radius 1 is 1.33 bits per heavy atom. The van der Waals surface area contributed by atoms with Crippen molar-refractivity contribution < 1.29 is 14.3 Å². The summed E-state index contributed by atoms with van der Waals surface area (Å²) in [5.74, 6) is -0.167. The maximum Gasteiger partial charge on any atom is 0.254 e. The predicted octanol–water partition coefficient (Wildman–Crippen LogP) is 1.89. The molecule has 0 bridgehead atoms. The molecule has 0 aromatic heterocycles. The van der Waals surface area contributed by atoms with Gasteiger partial charge in [-0.1, -0.05) is 26.3 Å². The largest absolute Gasteiger partial charge is 0.378 e. The number of nitrogens with one attached hydrogen (secondary N) is 1. The zero-order valence-corrected chi connectivity index (χ0v) is 15.0. The Hall–Kier alpha value is -1.63. The topological polar surface area (TPSA) is 84.7 Å². The SMILES string of the molecule is CCC(C)C(N)C(=O)Nc1cccc(C(=O)N2CCOCC2)c1.Cl. The van der Waals surface area contributed by atoms with Gasteiger partial charge in [-0.15, -0.1) is 12.4 Å². The Morgan fingerprint density at radius 3 is 2.62 bits per heavy atom. The molecule has 7 heteroatoms. The number of benzene rings is 1. The van der Waals surface area contributed by atoms with Crippen molar-refractivity contribution >= 4 is 29.9 Å². The molecule has 1 aromatic carbocycles. The summed E-state index contributed by atoms with van der Waals surface area (Å²) in [4.78, 5) is 26.4. The second kappa shape index (κ2) is 9.61. The minimum atomic E-state index is -0.557. The molecule has 24 heavy (non-hydrogen) atoms. The number of halogens is 1. The molecule has 3 N–H and O–H groups in total. The molecule has 1 saturated heterocycles. The van der Waals surface area contributed by atoms with Crippen LogP contribution in [0.25, 0.3) is 0 Å². The van der Waals surface area contributed by atoms with Crippen LogP contribution in [0.1, 0.15) is 30.6 Å². The van der Waals surface area contributed by atoms with Crippen molar-refractivity contribution in [3.8, 4) is 0 Å². The van der Waals surface area contributed by atoms with Crippen molar-refractivity contribution in [3.63, 3.8) is 0 Å². The van der Waals surface area contributed by atoms with Crippen LogP contribution in [0, 0.1) is 5.92 Å². The van der Waals surface area contributed by atoms with Crippen LogP contribution >= 0.6 is 12.4 Å². The second-order valence-electron chi connectivity index (χ2n) is 5.89. The Balaban J connectivity index is 0.00000288. The minimum Gasteiger partial charge on any atom is -0.378 e. The van der Waals surface area contributed by atoms with Gasteiger partial charge in [-0.05, 0) is 24.1 Å². The normalized spacial score (nSPS) is 16.7. The number of rotatable bonds is 5. The third kappa shape index (κ3) is 5.19. The van der Waals surface area contributed by atoms with E-state index in [9.17, 15) is 9.59 Å². The van der Waals surface area contributed by atoms with E-state index in [-0.39, 0.29) is 30.1 Å². The molecule has 0 spiro atoms. The van der Waals surface area contributed by atoms with Crippen LogP contribution in [-0.4, -0.2) is 49.1 Å². The molecule has 6 nitrogen and oxygen atoms in total. The smallest absolute Gasteiger partial charge is 0.254 e. The van der Waals surface area contributed by atoms with E-state index in [0.717, 1.165) is 6.42 Å². The van der Waals surface area contributed by atoms with Crippen LogP contribution in [0.3, 0.4) is 0 Å². The monoisotopic (exact) mass is 355 g/mol. The lowest BCUT2D eigenvalue weighted by atomic mass is 9.99. The van der Waals surface area contributed by atoms with Crippen molar-refractivity contribution in [2.45, 2.75) is 26.3 Å². The van der Waals surface area contributed by atoms with Crippen molar-refractivity contribution in [3.05, 3.63) is 29.8 Å². The number of nitrogens with zero attached hydrogens (tertiary/aromatic N) is 1. The van der Waals surface area contributed by atoms with Crippen LogP contribution in [0.5, 0.6) is 0 Å². The summed E-state index contributed by atoms with van der Waals surface area (Å²) in [6, 6.07) is 6.41. The average molecular weight is 356 g/mol. The molecule has 1 aliphatic rings. The van der Waals surface area contributed by atoms with E-state index >= 15 is 0 Å². The lowest BCUT2D eigenvalue weighted by Gasteiger charge is -2.27. The van der Waals surface area contributed by atoms with Gasteiger partial charge in [0.25, 0.3) is 5.91 Å². The Morgan fingerprint density at radius 2 is 2.00 bits per heavy atom. The van der Waals surface area contributed by atoms with E-state index in [4.69, 9.17) is 10.5 Å².